The van der Waals surface area contributed by atoms with Gasteiger partial charge in [0.15, 0.2) is 17.7 Å². The van der Waals surface area contributed by atoms with Crippen molar-refractivity contribution in [2.45, 2.75) is 154 Å². The molecule has 15 heteroatoms. The summed E-state index contributed by atoms with van der Waals surface area (Å²) in [6, 6.07) is 2.76. The van der Waals surface area contributed by atoms with Gasteiger partial charge < -0.3 is 43.2 Å². The summed E-state index contributed by atoms with van der Waals surface area (Å²) in [6.45, 7) is 15.2. The van der Waals surface area contributed by atoms with Crippen molar-refractivity contribution >= 4 is 23.6 Å². The lowest BCUT2D eigenvalue weighted by molar-refractivity contribution is -0.295. The summed E-state index contributed by atoms with van der Waals surface area (Å²) < 4.78 is 33.5. The highest BCUT2D eigenvalue weighted by atomic mass is 16.7. The predicted molar refractivity (Wildman–Crippen MR) is 219 cm³/mol. The summed E-state index contributed by atoms with van der Waals surface area (Å²) in [6.07, 6.45) is 4.79. The van der Waals surface area contributed by atoms with Crippen LogP contribution in [0.2, 0.25) is 0 Å². The molecule has 1 unspecified atom stereocenters. The number of esters is 1. The summed E-state index contributed by atoms with van der Waals surface area (Å²) in [7, 11) is 5.25. The number of rotatable bonds is 12. The molecule has 15 nitrogen and oxygen atoms in total. The highest BCUT2D eigenvalue weighted by Crippen LogP contribution is 2.45. The first-order valence-electron chi connectivity index (χ1n) is 21.3. The smallest absolute Gasteiger partial charge is 0.410 e. The number of aromatic nitrogens is 3. The fourth-order valence-electron chi connectivity index (χ4n) is 9.72. The zero-order valence-electron chi connectivity index (χ0n) is 36.8. The van der Waals surface area contributed by atoms with E-state index < -0.39 is 83.4 Å². The molecule has 59 heavy (non-hydrogen) atoms. The van der Waals surface area contributed by atoms with E-state index in [9.17, 15) is 24.3 Å². The predicted octanol–water partition coefficient (Wildman–Crippen LogP) is 5.32. The number of aliphatic hydroxyl groups is 1. The molecule has 2 aromatic rings. The van der Waals surface area contributed by atoms with Crippen LogP contribution in [-0.4, -0.2) is 135 Å². The fraction of sp³-hybridized carbons (Fsp3) is 0.727. The molecule has 0 spiro atoms. The van der Waals surface area contributed by atoms with Crippen molar-refractivity contribution in [2.75, 3.05) is 27.7 Å². The molecule has 0 bridgehead atoms. The minimum atomic E-state index is -1.36. The third-order valence-electron chi connectivity index (χ3n) is 13.2. The Labute approximate surface area is 349 Å². The number of methoxy groups -OCH3 is 1. The third-order valence-corrected chi connectivity index (χ3v) is 13.2. The summed E-state index contributed by atoms with van der Waals surface area (Å²) in [5.74, 6) is -4.92. The second kappa shape index (κ2) is 19.3. The van der Waals surface area contributed by atoms with Crippen LogP contribution < -0.4 is 0 Å². The maximum atomic E-state index is 14.8. The molecule has 1 amide bonds. The van der Waals surface area contributed by atoms with Gasteiger partial charge >= 0.3 is 12.1 Å². The monoisotopic (exact) mass is 825 g/mol. The van der Waals surface area contributed by atoms with Crippen molar-refractivity contribution in [3.8, 4) is 11.3 Å². The number of likely N-dealkylation sites (N-methyl/N-ethyl adjacent to an activating group) is 1. The first kappa shape index (κ1) is 46.3. The number of carbonyl (C=O) groups is 4. The Kier molecular flexibility index (Phi) is 15.2. The van der Waals surface area contributed by atoms with E-state index in [0.29, 0.717) is 32.4 Å². The zero-order valence-corrected chi connectivity index (χ0v) is 36.8. The van der Waals surface area contributed by atoms with E-state index in [0.717, 1.165) is 11.3 Å². The topological polar surface area (TPSA) is 172 Å². The van der Waals surface area contributed by atoms with Crippen LogP contribution in [0.3, 0.4) is 0 Å². The van der Waals surface area contributed by atoms with Crippen LogP contribution in [0, 0.1) is 23.7 Å². The number of hydrogen-bond acceptors (Lipinski definition) is 13. The quantitative estimate of drug-likeness (QED) is 0.166. The van der Waals surface area contributed by atoms with Crippen molar-refractivity contribution in [1.82, 2.24) is 24.3 Å². The van der Waals surface area contributed by atoms with Gasteiger partial charge in [-0.25, -0.2) is 9.78 Å². The van der Waals surface area contributed by atoms with Gasteiger partial charge in [-0.05, 0) is 85.5 Å². The molecule has 13 atom stereocenters. The number of hydrogen-bond donors (Lipinski definition) is 1. The van der Waals surface area contributed by atoms with Crippen molar-refractivity contribution in [3.63, 3.8) is 0 Å². The summed E-state index contributed by atoms with van der Waals surface area (Å²) in [4.78, 5) is 69.5. The van der Waals surface area contributed by atoms with Gasteiger partial charge in [0, 0.05) is 68.1 Å². The molecule has 2 aromatic heterocycles. The maximum absolute atomic E-state index is 14.8. The van der Waals surface area contributed by atoms with Crippen molar-refractivity contribution < 1.29 is 48.0 Å². The number of unbranched alkanes of at least 4 members (excludes halogenated alkanes) is 1. The van der Waals surface area contributed by atoms with Crippen molar-refractivity contribution in [2.24, 2.45) is 23.7 Å². The Hall–Kier alpha value is -3.76. The van der Waals surface area contributed by atoms with Gasteiger partial charge in [0.25, 0.3) is 0 Å². The largest absolute Gasteiger partial charge is 0.457 e. The number of aryl methyl sites for hydroxylation is 1. The molecule has 0 aliphatic carbocycles. The Morgan fingerprint density at radius 3 is 2.36 bits per heavy atom. The van der Waals surface area contributed by atoms with Crippen LogP contribution in [0.15, 0.2) is 37.1 Å². The van der Waals surface area contributed by atoms with Gasteiger partial charge in [0.2, 0.25) is 0 Å². The lowest BCUT2D eigenvalue weighted by Gasteiger charge is -2.47. The molecule has 3 aliphatic heterocycles. The molecule has 5 rings (SSSR count). The van der Waals surface area contributed by atoms with Crippen LogP contribution in [0.5, 0.6) is 0 Å². The lowest BCUT2D eigenvalue weighted by atomic mass is 9.72. The van der Waals surface area contributed by atoms with Crippen LogP contribution in [0.1, 0.15) is 93.9 Å². The second-order valence-electron chi connectivity index (χ2n) is 17.4. The molecular formula is C44H67N5O10. The summed E-state index contributed by atoms with van der Waals surface area (Å²) in [5.41, 5.74) is -0.894. The number of pyridine rings is 1. The minimum absolute atomic E-state index is 0.132. The average Bonchev–Trinajstić information content (AvgIpc) is 3.82. The average molecular weight is 826 g/mol. The minimum Gasteiger partial charge on any atom is -0.457 e. The SMILES string of the molecule is CC[C@H]1OC(=O)[C@H](C)C(=O)[C@H](C)[C@@H](OC2O[C@H](C)C[C@H](N(C)C)[C@H]2O)[C@@](C)(OC)C[C@@H](C)C(=O)[C@H](C)[C@H]2N(CCCCn3cnc(-c4cccnc4)c3)C(=O)O[C@]12CC. The number of ketones is 2. The van der Waals surface area contributed by atoms with Crippen LogP contribution in [0.25, 0.3) is 11.3 Å². The van der Waals surface area contributed by atoms with Gasteiger partial charge in [-0.15, -0.1) is 0 Å². The number of amides is 1. The molecule has 3 saturated heterocycles. The first-order valence-corrected chi connectivity index (χ1v) is 21.3. The lowest BCUT2D eigenvalue weighted by Crippen LogP contribution is -2.61. The standard InChI is InChI=1S/C44H67N5O10/c1-12-34-44(13-2)38(49(42(54)59-44)20-15-14-19-48-24-32(46-25-48)31-17-16-18-45-23-31)28(5)35(50)26(3)22-43(8,55-11)39(29(6)36(51)30(7)40(53)57-34)58-41-37(52)33(47(9)10)21-27(4)56-41/h16-18,23-30,33-34,37-39,41,52H,12-15,19-22H2,1-11H3/t26-,27-,28+,29+,30-,33+,34-,37-,38-,39-,41?,43+,44-/m1/s1. The summed E-state index contributed by atoms with van der Waals surface area (Å²) >= 11 is 0. The van der Waals surface area contributed by atoms with E-state index in [1.54, 1.807) is 37.5 Å². The van der Waals surface area contributed by atoms with Crippen LogP contribution >= 0.6 is 0 Å². The molecule has 3 aliphatic rings. The van der Waals surface area contributed by atoms with Crippen LogP contribution in [-0.2, 0) is 44.6 Å². The third kappa shape index (κ3) is 9.59. The zero-order chi connectivity index (χ0) is 43.4. The molecular weight excluding hydrogens is 759 g/mol. The first-order chi connectivity index (χ1) is 27.9. The Balaban J connectivity index is 1.46. The van der Waals surface area contributed by atoms with E-state index in [4.69, 9.17) is 23.7 Å². The number of nitrogens with zero attached hydrogens (tertiary/aromatic N) is 5. The number of fused-ring (bicyclic) bond motifs is 1. The second-order valence-corrected chi connectivity index (χ2v) is 17.4. The van der Waals surface area contributed by atoms with Gasteiger partial charge in [0.05, 0.1) is 35.9 Å². The Morgan fingerprint density at radius 2 is 1.73 bits per heavy atom. The van der Waals surface area contributed by atoms with Gasteiger partial charge in [-0.2, -0.15) is 0 Å². The van der Waals surface area contributed by atoms with E-state index in [2.05, 4.69) is 9.97 Å². The molecule has 0 aromatic carbocycles. The maximum Gasteiger partial charge on any atom is 0.410 e. The van der Waals surface area contributed by atoms with Gasteiger partial charge in [0.1, 0.15) is 23.9 Å². The Bertz CT molecular complexity index is 1760. The van der Waals surface area contributed by atoms with E-state index in [1.807, 2.05) is 76.5 Å². The number of carbonyl (C=O) groups excluding carboxylic acids is 4. The molecule has 1 N–H and O–H groups in total. The van der Waals surface area contributed by atoms with E-state index >= 15 is 0 Å². The number of aliphatic hydroxyl groups excluding tert-OH is 1. The highest BCUT2D eigenvalue weighted by molar-refractivity contribution is 6.00. The highest BCUT2D eigenvalue weighted by Gasteiger charge is 2.62. The number of Topliss-reactive ketones (excluding diaryl/α,β-unsaturated/α-hetero) is 2. The molecule has 328 valence electrons. The van der Waals surface area contributed by atoms with E-state index in [-0.39, 0.29) is 37.2 Å². The van der Waals surface area contributed by atoms with Gasteiger partial charge in [-0.3, -0.25) is 19.4 Å². The molecule has 0 saturated carbocycles. The molecule has 0 radical (unpaired) electrons. The fourth-order valence-corrected chi connectivity index (χ4v) is 9.72. The number of cyclic esters (lactones) is 1. The molecule has 5 heterocycles. The molecule has 3 fully saturated rings. The van der Waals surface area contributed by atoms with E-state index in [1.165, 1.54) is 14.0 Å². The van der Waals surface area contributed by atoms with Gasteiger partial charge in [-0.1, -0.05) is 34.6 Å². The number of imidazole rings is 1. The normalized spacial score (nSPS) is 36.3. The number of ether oxygens (including phenoxy) is 5. The van der Waals surface area contributed by atoms with Crippen LogP contribution in [0.4, 0.5) is 4.79 Å². The summed E-state index contributed by atoms with van der Waals surface area (Å²) in [5, 5.41) is 11.5. The van der Waals surface area contributed by atoms with Crippen molar-refractivity contribution in [3.05, 3.63) is 37.1 Å². The van der Waals surface area contributed by atoms with Crippen molar-refractivity contribution in [1.29, 1.82) is 0 Å². The Morgan fingerprint density at radius 1 is 1.02 bits per heavy atom.